The summed E-state index contributed by atoms with van der Waals surface area (Å²) >= 11 is 0. The van der Waals surface area contributed by atoms with Crippen LogP contribution in [0, 0.1) is 5.92 Å². The highest BCUT2D eigenvalue weighted by molar-refractivity contribution is 5.06. The van der Waals surface area contributed by atoms with Crippen LogP contribution in [0.3, 0.4) is 0 Å². The van der Waals surface area contributed by atoms with Gasteiger partial charge in [0.1, 0.15) is 5.76 Å². The lowest BCUT2D eigenvalue weighted by Gasteiger charge is -2.31. The summed E-state index contributed by atoms with van der Waals surface area (Å²) < 4.78 is 44.7. The second-order valence-electron chi connectivity index (χ2n) is 5.73. The Hall–Kier alpha value is -1.04. The summed E-state index contributed by atoms with van der Waals surface area (Å²) in [6.07, 6.45) is -0.529. The predicted octanol–water partition coefficient (Wildman–Crippen LogP) is 4.01. The predicted molar refractivity (Wildman–Crippen MR) is 69.2 cm³/mol. The minimum Gasteiger partial charge on any atom is -0.444 e. The van der Waals surface area contributed by atoms with Gasteiger partial charge in [0.15, 0.2) is 0 Å². The second kappa shape index (κ2) is 6.16. The van der Waals surface area contributed by atoms with E-state index < -0.39 is 18.0 Å². The first kappa shape index (κ1) is 15.4. The summed E-state index contributed by atoms with van der Waals surface area (Å²) in [7, 11) is 0. The molecule has 1 saturated carbocycles. The van der Waals surface area contributed by atoms with Crippen LogP contribution in [-0.2, 0) is 6.54 Å². The van der Waals surface area contributed by atoms with Crippen molar-refractivity contribution in [2.45, 2.75) is 64.2 Å². The summed E-state index contributed by atoms with van der Waals surface area (Å²) in [6.45, 7) is 4.43. The van der Waals surface area contributed by atoms with E-state index in [1.807, 2.05) is 13.8 Å². The van der Waals surface area contributed by atoms with Gasteiger partial charge >= 0.3 is 6.18 Å². The van der Waals surface area contributed by atoms with Crippen LogP contribution < -0.4 is 5.32 Å². The van der Waals surface area contributed by atoms with Crippen molar-refractivity contribution in [3.63, 3.8) is 0 Å². The van der Waals surface area contributed by atoms with Gasteiger partial charge in [-0.05, 0) is 12.8 Å². The Labute approximate surface area is 117 Å². The van der Waals surface area contributed by atoms with Gasteiger partial charge in [0, 0.05) is 12.0 Å². The van der Waals surface area contributed by atoms with Crippen LogP contribution in [0.1, 0.15) is 57.1 Å². The molecule has 0 bridgehead atoms. The summed E-state index contributed by atoms with van der Waals surface area (Å²) in [4.78, 5) is 4.08. The lowest BCUT2D eigenvalue weighted by atomic mass is 9.77. The molecule has 114 valence electrons. The van der Waals surface area contributed by atoms with Crippen LogP contribution in [-0.4, -0.2) is 17.2 Å². The van der Waals surface area contributed by atoms with Crippen molar-refractivity contribution in [2.75, 3.05) is 0 Å². The maximum Gasteiger partial charge on any atom is 0.392 e. The zero-order valence-electron chi connectivity index (χ0n) is 11.8. The molecular weight excluding hydrogens is 269 g/mol. The van der Waals surface area contributed by atoms with Gasteiger partial charge in [0.25, 0.3) is 0 Å². The van der Waals surface area contributed by atoms with E-state index >= 15 is 0 Å². The number of oxazole rings is 1. The van der Waals surface area contributed by atoms with Gasteiger partial charge in [-0.1, -0.05) is 26.7 Å². The summed E-state index contributed by atoms with van der Waals surface area (Å²) in [5, 5.41) is 3.14. The molecule has 2 rings (SSSR count). The third-order valence-electron chi connectivity index (χ3n) is 3.78. The van der Waals surface area contributed by atoms with Crippen molar-refractivity contribution in [3.05, 3.63) is 17.8 Å². The first-order valence-electron chi connectivity index (χ1n) is 7.12. The Balaban J connectivity index is 2.08. The lowest BCUT2D eigenvalue weighted by Crippen LogP contribution is -2.31. The second-order valence-corrected chi connectivity index (χ2v) is 5.73. The molecule has 0 radical (unpaired) electrons. The fourth-order valence-electron chi connectivity index (χ4n) is 2.73. The molecule has 3 nitrogen and oxygen atoms in total. The van der Waals surface area contributed by atoms with Crippen LogP contribution in [0.15, 0.2) is 10.6 Å². The fraction of sp³-hybridized carbons (Fsp3) is 0.786. The molecule has 2 atom stereocenters. The van der Waals surface area contributed by atoms with E-state index in [9.17, 15) is 13.2 Å². The number of rotatable bonds is 4. The highest BCUT2D eigenvalue weighted by Gasteiger charge is 2.47. The van der Waals surface area contributed by atoms with Gasteiger partial charge < -0.3 is 9.73 Å². The summed E-state index contributed by atoms with van der Waals surface area (Å²) in [5.74, 6) is -1.04. The van der Waals surface area contributed by atoms with Crippen molar-refractivity contribution in [1.82, 2.24) is 10.3 Å². The quantitative estimate of drug-likeness (QED) is 0.910. The van der Waals surface area contributed by atoms with Crippen LogP contribution in [0.5, 0.6) is 0 Å². The average molecular weight is 290 g/mol. The molecule has 0 aliphatic heterocycles. The first-order valence-corrected chi connectivity index (χ1v) is 7.12. The molecule has 0 saturated heterocycles. The van der Waals surface area contributed by atoms with E-state index in [2.05, 4.69) is 10.3 Å². The third kappa shape index (κ3) is 3.75. The van der Waals surface area contributed by atoms with Crippen molar-refractivity contribution >= 4 is 0 Å². The maximum absolute atomic E-state index is 13.1. The molecule has 1 aliphatic carbocycles. The third-order valence-corrected chi connectivity index (χ3v) is 3.78. The molecule has 1 heterocycles. The highest BCUT2D eigenvalue weighted by Crippen LogP contribution is 2.46. The van der Waals surface area contributed by atoms with Crippen molar-refractivity contribution < 1.29 is 17.6 Å². The number of halogens is 3. The van der Waals surface area contributed by atoms with Gasteiger partial charge in [-0.25, -0.2) is 4.98 Å². The average Bonchev–Trinajstić information content (AvgIpc) is 2.84. The molecule has 1 aromatic rings. The highest BCUT2D eigenvalue weighted by atomic mass is 19.4. The molecule has 1 aliphatic rings. The SMILES string of the molecule is CC(C)NCc1ncc(C2CCCCC2C(F)(F)F)o1. The van der Waals surface area contributed by atoms with Crippen LogP contribution in [0.4, 0.5) is 13.2 Å². The Kier molecular flexibility index (Phi) is 4.73. The Morgan fingerprint density at radius 3 is 2.70 bits per heavy atom. The zero-order chi connectivity index (χ0) is 14.8. The molecule has 20 heavy (non-hydrogen) atoms. The Bertz CT molecular complexity index is 428. The molecule has 0 amide bonds. The molecule has 1 N–H and O–H groups in total. The van der Waals surface area contributed by atoms with Gasteiger partial charge in [-0.3, -0.25) is 0 Å². The minimum atomic E-state index is -4.16. The molecule has 1 aromatic heterocycles. The monoisotopic (exact) mass is 290 g/mol. The molecule has 0 spiro atoms. The Morgan fingerprint density at radius 2 is 2.05 bits per heavy atom. The van der Waals surface area contributed by atoms with Crippen molar-refractivity contribution in [2.24, 2.45) is 5.92 Å². The number of hydrogen-bond acceptors (Lipinski definition) is 3. The van der Waals surface area contributed by atoms with Gasteiger partial charge in [-0.15, -0.1) is 0 Å². The normalized spacial score (nSPS) is 24.3. The number of nitrogens with one attached hydrogen (secondary N) is 1. The standard InChI is InChI=1S/C14H21F3N2O/c1-9(2)18-8-13-19-7-12(20-13)10-5-3-4-6-11(10)14(15,16)17/h7,9-11,18H,3-6,8H2,1-2H3. The lowest BCUT2D eigenvalue weighted by molar-refractivity contribution is -0.188. The number of aromatic nitrogens is 1. The van der Waals surface area contributed by atoms with E-state index in [0.717, 1.165) is 6.42 Å². The minimum absolute atomic E-state index is 0.189. The van der Waals surface area contributed by atoms with E-state index in [1.54, 1.807) is 0 Å². The van der Waals surface area contributed by atoms with Crippen LogP contribution >= 0.6 is 0 Å². The smallest absolute Gasteiger partial charge is 0.392 e. The molecule has 6 heteroatoms. The Morgan fingerprint density at radius 1 is 1.35 bits per heavy atom. The van der Waals surface area contributed by atoms with Gasteiger partial charge in [0.05, 0.1) is 18.7 Å². The van der Waals surface area contributed by atoms with Crippen molar-refractivity contribution in [3.8, 4) is 0 Å². The molecule has 0 aromatic carbocycles. The van der Waals surface area contributed by atoms with Crippen LogP contribution in [0.2, 0.25) is 0 Å². The largest absolute Gasteiger partial charge is 0.444 e. The number of nitrogens with zero attached hydrogens (tertiary/aromatic N) is 1. The van der Waals surface area contributed by atoms with E-state index in [0.29, 0.717) is 31.0 Å². The molecule has 1 fully saturated rings. The van der Waals surface area contributed by atoms with Crippen molar-refractivity contribution in [1.29, 1.82) is 0 Å². The van der Waals surface area contributed by atoms with Crippen LogP contribution in [0.25, 0.3) is 0 Å². The summed E-state index contributed by atoms with van der Waals surface area (Å²) in [6, 6.07) is 0.281. The fourth-order valence-corrected chi connectivity index (χ4v) is 2.73. The summed E-state index contributed by atoms with van der Waals surface area (Å²) in [5.41, 5.74) is 0. The maximum atomic E-state index is 13.1. The van der Waals surface area contributed by atoms with Gasteiger partial charge in [0.2, 0.25) is 5.89 Å². The van der Waals surface area contributed by atoms with Gasteiger partial charge in [-0.2, -0.15) is 13.2 Å². The van der Waals surface area contributed by atoms with E-state index in [4.69, 9.17) is 4.42 Å². The molecular formula is C14H21F3N2O. The molecule has 2 unspecified atom stereocenters. The first-order chi connectivity index (χ1) is 9.38. The number of hydrogen-bond donors (Lipinski definition) is 1. The van der Waals surface area contributed by atoms with E-state index in [1.165, 1.54) is 6.20 Å². The van der Waals surface area contributed by atoms with E-state index in [-0.39, 0.29) is 12.5 Å². The number of alkyl halides is 3. The zero-order valence-corrected chi connectivity index (χ0v) is 11.8. The topological polar surface area (TPSA) is 38.1 Å².